The van der Waals surface area contributed by atoms with Gasteiger partial charge in [0.15, 0.2) is 0 Å². The van der Waals surface area contributed by atoms with Crippen LogP contribution in [0.5, 0.6) is 0 Å². The van der Waals surface area contributed by atoms with Gasteiger partial charge in [0.05, 0.1) is 19.3 Å². The van der Waals surface area contributed by atoms with E-state index in [2.05, 4.69) is 5.32 Å². The Bertz CT molecular complexity index is 430. The average Bonchev–Trinajstić information content (AvgIpc) is 2.46. The van der Waals surface area contributed by atoms with Crippen molar-refractivity contribution < 1.29 is 9.53 Å². The molecule has 5 heteroatoms. The number of hydrogen-bond acceptors (Lipinski definition) is 4. The summed E-state index contributed by atoms with van der Waals surface area (Å²) in [7, 11) is 0. The minimum atomic E-state index is -0.210. The van der Waals surface area contributed by atoms with Crippen molar-refractivity contribution in [3.05, 3.63) is 29.8 Å². The van der Waals surface area contributed by atoms with Gasteiger partial charge in [-0.15, -0.1) is 0 Å². The number of anilines is 1. The van der Waals surface area contributed by atoms with Crippen LogP contribution in [0.3, 0.4) is 0 Å². The number of para-hydroxylation sites is 1. The highest BCUT2D eigenvalue weighted by molar-refractivity contribution is 5.81. The second kappa shape index (κ2) is 6.54. The van der Waals surface area contributed by atoms with E-state index in [1.54, 1.807) is 0 Å². The minimum absolute atomic E-state index is 0.123. The molecule has 104 valence electrons. The predicted molar refractivity (Wildman–Crippen MR) is 74.6 cm³/mol. The Kier molecular flexibility index (Phi) is 4.76. The maximum absolute atomic E-state index is 12.2. The lowest BCUT2D eigenvalue weighted by Gasteiger charge is -2.29. The largest absolute Gasteiger partial charge is 0.398 e. The first kappa shape index (κ1) is 13.8. The smallest absolute Gasteiger partial charge is 0.239 e. The third kappa shape index (κ3) is 3.68. The Balaban J connectivity index is 1.85. The third-order valence-electron chi connectivity index (χ3n) is 3.35. The van der Waals surface area contributed by atoms with Gasteiger partial charge in [-0.2, -0.15) is 0 Å². The number of nitrogens with two attached hydrogens (primary N) is 1. The molecule has 1 atom stereocenters. The molecule has 0 aliphatic carbocycles. The monoisotopic (exact) mass is 263 g/mol. The Labute approximate surface area is 113 Å². The average molecular weight is 263 g/mol. The first-order valence-corrected chi connectivity index (χ1v) is 6.62. The van der Waals surface area contributed by atoms with Crippen LogP contribution in [0.1, 0.15) is 12.5 Å². The van der Waals surface area contributed by atoms with Crippen LogP contribution in [0.25, 0.3) is 0 Å². The van der Waals surface area contributed by atoms with Crippen molar-refractivity contribution in [1.29, 1.82) is 0 Å². The minimum Gasteiger partial charge on any atom is -0.398 e. The molecule has 1 amide bonds. The van der Waals surface area contributed by atoms with Crippen LogP contribution >= 0.6 is 0 Å². The highest BCUT2D eigenvalue weighted by Gasteiger charge is 2.21. The number of rotatable bonds is 4. The maximum atomic E-state index is 12.2. The van der Waals surface area contributed by atoms with E-state index < -0.39 is 0 Å². The van der Waals surface area contributed by atoms with Gasteiger partial charge in [-0.1, -0.05) is 18.2 Å². The molecule has 1 aliphatic rings. The number of amides is 1. The molecule has 1 fully saturated rings. The van der Waals surface area contributed by atoms with Crippen molar-refractivity contribution in [3.8, 4) is 0 Å². The number of nitrogens with one attached hydrogen (secondary N) is 1. The summed E-state index contributed by atoms with van der Waals surface area (Å²) in [5, 5.41) is 3.22. The number of nitrogen functional groups attached to an aromatic ring is 1. The summed E-state index contributed by atoms with van der Waals surface area (Å²) >= 11 is 0. The molecule has 19 heavy (non-hydrogen) atoms. The molecular formula is C14H21N3O2. The Morgan fingerprint density at radius 2 is 2.11 bits per heavy atom. The molecule has 1 saturated heterocycles. The van der Waals surface area contributed by atoms with Gasteiger partial charge in [0.25, 0.3) is 0 Å². The fourth-order valence-corrected chi connectivity index (χ4v) is 2.10. The van der Waals surface area contributed by atoms with E-state index >= 15 is 0 Å². The second-order valence-electron chi connectivity index (χ2n) is 4.74. The fraction of sp³-hybridized carbons (Fsp3) is 0.500. The van der Waals surface area contributed by atoms with Gasteiger partial charge in [0.2, 0.25) is 5.91 Å². The molecule has 0 spiro atoms. The van der Waals surface area contributed by atoms with Gasteiger partial charge < -0.3 is 20.7 Å². The van der Waals surface area contributed by atoms with Crippen molar-refractivity contribution in [2.75, 3.05) is 32.0 Å². The molecule has 2 rings (SSSR count). The van der Waals surface area contributed by atoms with E-state index in [9.17, 15) is 4.79 Å². The number of benzene rings is 1. The van der Waals surface area contributed by atoms with Crippen LogP contribution in [0.2, 0.25) is 0 Å². The van der Waals surface area contributed by atoms with Crippen molar-refractivity contribution in [1.82, 2.24) is 10.2 Å². The lowest BCUT2D eigenvalue weighted by atomic mass is 10.1. The van der Waals surface area contributed by atoms with Gasteiger partial charge in [-0.3, -0.25) is 4.79 Å². The Morgan fingerprint density at radius 1 is 1.42 bits per heavy atom. The first-order valence-electron chi connectivity index (χ1n) is 6.62. The molecule has 1 aromatic rings. The molecule has 1 heterocycles. The summed E-state index contributed by atoms with van der Waals surface area (Å²) in [6, 6.07) is 7.47. The van der Waals surface area contributed by atoms with Crippen molar-refractivity contribution in [2.24, 2.45) is 0 Å². The van der Waals surface area contributed by atoms with Gasteiger partial charge in [0, 0.05) is 25.3 Å². The molecular weight excluding hydrogens is 242 g/mol. The topological polar surface area (TPSA) is 67.6 Å². The van der Waals surface area contributed by atoms with Crippen LogP contribution < -0.4 is 11.1 Å². The summed E-state index contributed by atoms with van der Waals surface area (Å²) < 4.78 is 5.24. The third-order valence-corrected chi connectivity index (χ3v) is 3.35. The summed E-state index contributed by atoms with van der Waals surface area (Å²) in [6.45, 7) is 5.10. The lowest BCUT2D eigenvalue weighted by Crippen LogP contribution is -2.49. The molecule has 1 aromatic carbocycles. The van der Waals surface area contributed by atoms with Crippen molar-refractivity contribution >= 4 is 11.6 Å². The summed E-state index contributed by atoms with van der Waals surface area (Å²) in [5.74, 6) is 0.123. The Morgan fingerprint density at radius 3 is 2.79 bits per heavy atom. The molecule has 0 saturated carbocycles. The summed E-state index contributed by atoms with van der Waals surface area (Å²) in [5.41, 5.74) is 7.64. The quantitative estimate of drug-likeness (QED) is 0.781. The second-order valence-corrected chi connectivity index (χ2v) is 4.74. The van der Waals surface area contributed by atoms with Crippen LogP contribution in [0.4, 0.5) is 5.69 Å². The fourth-order valence-electron chi connectivity index (χ4n) is 2.10. The summed E-state index contributed by atoms with van der Waals surface area (Å²) in [6.07, 6.45) is 0. The number of nitrogens with zero attached hydrogens (tertiary/aromatic N) is 1. The lowest BCUT2D eigenvalue weighted by molar-refractivity contribution is -0.137. The van der Waals surface area contributed by atoms with Crippen molar-refractivity contribution in [3.63, 3.8) is 0 Å². The highest BCUT2D eigenvalue weighted by Crippen LogP contribution is 2.10. The van der Waals surface area contributed by atoms with Crippen LogP contribution in [0, 0.1) is 0 Å². The molecule has 0 bridgehead atoms. The number of carbonyl (C=O) groups is 1. The molecule has 1 unspecified atom stereocenters. The van der Waals surface area contributed by atoms with E-state index in [1.807, 2.05) is 36.1 Å². The van der Waals surface area contributed by atoms with E-state index in [0.717, 1.165) is 11.3 Å². The molecule has 1 aliphatic heterocycles. The van der Waals surface area contributed by atoms with E-state index in [-0.39, 0.29) is 11.9 Å². The standard InChI is InChI=1S/C14H21N3O2/c1-11(14(18)17-6-8-19-9-7-17)16-10-12-4-2-3-5-13(12)15/h2-5,11,16H,6-10,15H2,1H3. The zero-order valence-electron chi connectivity index (χ0n) is 11.3. The number of ether oxygens (including phenoxy) is 1. The molecule has 3 N–H and O–H groups in total. The zero-order valence-corrected chi connectivity index (χ0v) is 11.3. The van der Waals surface area contributed by atoms with Gasteiger partial charge in [-0.25, -0.2) is 0 Å². The highest BCUT2D eigenvalue weighted by atomic mass is 16.5. The predicted octanol–water partition coefficient (Wildman–Crippen LogP) is 0.606. The van der Waals surface area contributed by atoms with Crippen LogP contribution in [-0.2, 0) is 16.1 Å². The van der Waals surface area contributed by atoms with Gasteiger partial charge >= 0.3 is 0 Å². The van der Waals surface area contributed by atoms with E-state index in [4.69, 9.17) is 10.5 Å². The number of morpholine rings is 1. The van der Waals surface area contributed by atoms with Crippen molar-refractivity contribution in [2.45, 2.75) is 19.5 Å². The van der Waals surface area contributed by atoms with Crippen LogP contribution in [-0.4, -0.2) is 43.2 Å². The SMILES string of the molecule is CC(NCc1ccccc1N)C(=O)N1CCOCC1. The normalized spacial score (nSPS) is 17.2. The van der Waals surface area contributed by atoms with E-state index in [1.165, 1.54) is 0 Å². The molecule has 0 radical (unpaired) electrons. The number of hydrogen-bond donors (Lipinski definition) is 2. The van der Waals surface area contributed by atoms with Crippen LogP contribution in [0.15, 0.2) is 24.3 Å². The number of carbonyl (C=O) groups excluding carboxylic acids is 1. The van der Waals surface area contributed by atoms with Gasteiger partial charge in [0.1, 0.15) is 0 Å². The zero-order chi connectivity index (χ0) is 13.7. The Hall–Kier alpha value is -1.59. The molecule has 0 aromatic heterocycles. The maximum Gasteiger partial charge on any atom is 0.239 e. The van der Waals surface area contributed by atoms with Gasteiger partial charge in [-0.05, 0) is 18.6 Å². The summed E-state index contributed by atoms with van der Waals surface area (Å²) in [4.78, 5) is 14.0. The first-order chi connectivity index (χ1) is 9.18. The molecule has 5 nitrogen and oxygen atoms in total. The van der Waals surface area contributed by atoms with E-state index in [0.29, 0.717) is 32.8 Å².